The number of ether oxygens (including phenoxy) is 3. The second kappa shape index (κ2) is 15.1. The number of carbonyl (C=O) groups is 3. The first-order valence-corrected chi connectivity index (χ1v) is 13.3. The summed E-state index contributed by atoms with van der Waals surface area (Å²) in [4.78, 5) is 35.2. The summed E-state index contributed by atoms with van der Waals surface area (Å²) in [6.45, 7) is 1.98. The Hall–Kier alpha value is -3.24. The molecule has 0 saturated carbocycles. The van der Waals surface area contributed by atoms with Crippen LogP contribution < -0.4 is 10.1 Å². The van der Waals surface area contributed by atoms with Gasteiger partial charge in [0.25, 0.3) is 0 Å². The fourth-order valence-corrected chi connectivity index (χ4v) is 4.48. The van der Waals surface area contributed by atoms with E-state index in [1.807, 2.05) is 36.4 Å². The minimum absolute atomic E-state index is 0.0590. The molecule has 2 N–H and O–H groups in total. The molecular formula is C25H32NO10P. The van der Waals surface area contributed by atoms with Gasteiger partial charge in [-0.2, -0.15) is 0 Å². The van der Waals surface area contributed by atoms with Crippen LogP contribution in [0.1, 0.15) is 19.4 Å². The maximum Gasteiger partial charge on any atom is 0.345 e. The largest absolute Gasteiger partial charge is 0.497 e. The second-order valence-corrected chi connectivity index (χ2v) is 9.71. The zero-order valence-electron chi connectivity index (χ0n) is 21.0. The quantitative estimate of drug-likeness (QED) is 0.240. The molecular weight excluding hydrogens is 505 g/mol. The van der Waals surface area contributed by atoms with Crippen molar-refractivity contribution in [3.05, 3.63) is 54.1 Å². The van der Waals surface area contributed by atoms with Crippen molar-refractivity contribution in [2.24, 2.45) is 0 Å². The number of hydrogen-bond donors (Lipinski definition) is 2. The molecule has 11 nitrogen and oxygen atoms in total. The first-order valence-electron chi connectivity index (χ1n) is 11.6. The van der Waals surface area contributed by atoms with Crippen molar-refractivity contribution in [3.8, 4) is 16.9 Å². The molecule has 0 spiro atoms. The average molecular weight is 538 g/mol. The minimum atomic E-state index is -4.12. The molecule has 0 aliphatic heterocycles. The molecule has 0 aromatic heterocycles. The van der Waals surface area contributed by atoms with Gasteiger partial charge < -0.3 is 19.3 Å². The Labute approximate surface area is 215 Å². The van der Waals surface area contributed by atoms with Crippen LogP contribution in [-0.4, -0.2) is 68.9 Å². The number of benzene rings is 2. The molecule has 2 aromatic rings. The molecule has 0 fully saturated rings. The zero-order chi connectivity index (χ0) is 27.3. The lowest BCUT2D eigenvalue weighted by Crippen LogP contribution is -2.39. The number of carbonyl (C=O) groups excluding carboxylic acids is 2. The van der Waals surface area contributed by atoms with Gasteiger partial charge in [-0.05, 0) is 49.1 Å². The summed E-state index contributed by atoms with van der Waals surface area (Å²) < 4.78 is 38.1. The monoisotopic (exact) mass is 537 g/mol. The van der Waals surface area contributed by atoms with Gasteiger partial charge in [-0.3, -0.25) is 23.7 Å². The summed E-state index contributed by atoms with van der Waals surface area (Å²) in [5, 5.41) is 12.3. The third-order valence-electron chi connectivity index (χ3n) is 5.00. The second-order valence-electron chi connectivity index (χ2n) is 7.65. The summed E-state index contributed by atoms with van der Waals surface area (Å²) in [5.41, 5.74) is 2.57. The van der Waals surface area contributed by atoms with Gasteiger partial charge >= 0.3 is 25.5 Å². The van der Waals surface area contributed by atoms with Crippen LogP contribution in [0.3, 0.4) is 0 Å². The van der Waals surface area contributed by atoms with Crippen LogP contribution in [0.4, 0.5) is 0 Å². The van der Waals surface area contributed by atoms with Crippen molar-refractivity contribution in [1.29, 1.82) is 0 Å². The van der Waals surface area contributed by atoms with E-state index in [-0.39, 0.29) is 19.6 Å². The van der Waals surface area contributed by atoms with Crippen molar-refractivity contribution < 1.29 is 47.3 Å². The molecule has 0 saturated heterocycles. The van der Waals surface area contributed by atoms with E-state index in [0.29, 0.717) is 5.56 Å². The maximum atomic E-state index is 13.1. The van der Waals surface area contributed by atoms with Crippen LogP contribution in [0.5, 0.6) is 5.75 Å². The first kappa shape index (κ1) is 30.0. The number of methoxy groups -OCH3 is 1. The lowest BCUT2D eigenvalue weighted by atomic mass is 10.0. The van der Waals surface area contributed by atoms with Gasteiger partial charge in [-0.1, -0.05) is 36.4 Å². The molecule has 0 bridgehead atoms. The molecule has 0 aliphatic rings. The summed E-state index contributed by atoms with van der Waals surface area (Å²) in [6.07, 6.45) is -0.506. The van der Waals surface area contributed by atoms with Crippen LogP contribution in [0.2, 0.25) is 0 Å². The van der Waals surface area contributed by atoms with Crippen LogP contribution in [-0.2, 0) is 43.9 Å². The highest BCUT2D eigenvalue weighted by Gasteiger charge is 2.30. The Morgan fingerprint density at radius 1 is 0.919 bits per heavy atom. The van der Waals surface area contributed by atoms with E-state index < -0.39 is 51.0 Å². The SMILES string of the molecule is CCOC(=O)COP(=O)(CN[C@@H](Cc1ccc(-c2cccc(OC)c2)cc1)C(=O)O)OCC(=O)OCC. The molecule has 2 rings (SSSR count). The minimum Gasteiger partial charge on any atom is -0.497 e. The lowest BCUT2D eigenvalue weighted by Gasteiger charge is -2.21. The van der Waals surface area contributed by atoms with E-state index in [0.717, 1.165) is 16.9 Å². The fourth-order valence-electron chi connectivity index (χ4n) is 3.18. The Kier molecular flexibility index (Phi) is 12.2. The van der Waals surface area contributed by atoms with Gasteiger partial charge in [-0.25, -0.2) is 9.59 Å². The highest BCUT2D eigenvalue weighted by Crippen LogP contribution is 2.47. The number of hydrogen-bond acceptors (Lipinski definition) is 10. The van der Waals surface area contributed by atoms with Crippen LogP contribution in [0.25, 0.3) is 11.1 Å². The van der Waals surface area contributed by atoms with Crippen molar-refractivity contribution in [2.45, 2.75) is 26.3 Å². The molecule has 0 radical (unpaired) electrons. The number of carboxylic acids is 1. The molecule has 0 aliphatic carbocycles. The van der Waals surface area contributed by atoms with E-state index in [2.05, 4.69) is 5.32 Å². The Balaban J connectivity index is 2.08. The van der Waals surface area contributed by atoms with Crippen LogP contribution in [0, 0.1) is 0 Å². The number of nitrogens with one attached hydrogen (secondary N) is 1. The Morgan fingerprint density at radius 2 is 1.51 bits per heavy atom. The van der Waals surface area contributed by atoms with Crippen LogP contribution >= 0.6 is 7.60 Å². The van der Waals surface area contributed by atoms with E-state index in [1.165, 1.54) is 0 Å². The predicted octanol–water partition coefficient (Wildman–Crippen LogP) is 3.26. The predicted molar refractivity (Wildman–Crippen MR) is 134 cm³/mol. The lowest BCUT2D eigenvalue weighted by molar-refractivity contribution is -0.146. The molecule has 12 heteroatoms. The Bertz CT molecular complexity index is 1060. The molecule has 202 valence electrons. The average Bonchev–Trinajstić information content (AvgIpc) is 2.89. The molecule has 0 amide bonds. The van der Waals surface area contributed by atoms with Crippen molar-refractivity contribution >= 4 is 25.5 Å². The molecule has 0 heterocycles. The smallest absolute Gasteiger partial charge is 0.345 e. The summed E-state index contributed by atoms with van der Waals surface area (Å²) in [7, 11) is -2.53. The summed E-state index contributed by atoms with van der Waals surface area (Å²) >= 11 is 0. The van der Waals surface area contributed by atoms with E-state index >= 15 is 0 Å². The van der Waals surface area contributed by atoms with E-state index in [4.69, 9.17) is 23.3 Å². The Morgan fingerprint density at radius 3 is 2.03 bits per heavy atom. The number of carboxylic acid groups (broad SMARTS) is 1. The molecule has 1 atom stereocenters. The van der Waals surface area contributed by atoms with Gasteiger partial charge in [0.05, 0.1) is 26.6 Å². The van der Waals surface area contributed by atoms with E-state index in [1.54, 1.807) is 33.1 Å². The fraction of sp³-hybridized carbons (Fsp3) is 0.400. The van der Waals surface area contributed by atoms with Crippen LogP contribution in [0.15, 0.2) is 48.5 Å². The molecule has 2 aromatic carbocycles. The van der Waals surface area contributed by atoms with Gasteiger partial charge in [0.15, 0.2) is 13.2 Å². The number of rotatable bonds is 16. The van der Waals surface area contributed by atoms with Gasteiger partial charge in [0.2, 0.25) is 0 Å². The van der Waals surface area contributed by atoms with Gasteiger partial charge in [0, 0.05) is 0 Å². The molecule has 0 unspecified atom stereocenters. The van der Waals surface area contributed by atoms with E-state index in [9.17, 15) is 24.1 Å². The standard InChI is InChI=1S/C25H32NO10P/c1-4-33-23(27)15-35-37(31,36-16-24(28)34-5-2)17-26-22(25(29)30)13-18-9-11-19(12-10-18)20-7-6-8-21(14-20)32-3/h6-12,14,22,26H,4-5,13,15-17H2,1-3H3,(H,29,30)/t22-/m0/s1. The highest BCUT2D eigenvalue weighted by atomic mass is 31.2. The topological polar surface area (TPSA) is 147 Å². The number of esters is 2. The third-order valence-corrected chi connectivity index (χ3v) is 6.61. The molecule has 37 heavy (non-hydrogen) atoms. The van der Waals surface area contributed by atoms with Crippen molar-refractivity contribution in [1.82, 2.24) is 5.32 Å². The van der Waals surface area contributed by atoms with Gasteiger partial charge in [-0.15, -0.1) is 0 Å². The maximum absolute atomic E-state index is 13.1. The summed E-state index contributed by atoms with van der Waals surface area (Å²) in [5.74, 6) is -2.04. The highest BCUT2D eigenvalue weighted by molar-refractivity contribution is 7.53. The first-order chi connectivity index (χ1) is 17.7. The normalized spacial score (nSPS) is 12.0. The third kappa shape index (κ3) is 10.3. The zero-order valence-corrected chi connectivity index (χ0v) is 21.9. The van der Waals surface area contributed by atoms with Crippen molar-refractivity contribution in [2.75, 3.05) is 39.8 Å². The summed E-state index contributed by atoms with van der Waals surface area (Å²) in [6, 6.07) is 13.7. The van der Waals surface area contributed by atoms with Gasteiger partial charge in [0.1, 0.15) is 11.8 Å². The number of aliphatic carboxylic acids is 1. The van der Waals surface area contributed by atoms with Crippen molar-refractivity contribution in [3.63, 3.8) is 0 Å².